The molecule has 0 aliphatic rings. The van der Waals surface area contributed by atoms with Gasteiger partial charge < -0.3 is 14.9 Å². The maximum atomic E-state index is 11.3. The molecule has 0 bridgehead atoms. The van der Waals surface area contributed by atoms with Crippen molar-refractivity contribution in [2.75, 3.05) is 4.90 Å². The first-order valence-corrected chi connectivity index (χ1v) is 12.8. The van der Waals surface area contributed by atoms with Crippen molar-refractivity contribution in [2.24, 2.45) is 0 Å². The number of hydrogen-bond acceptors (Lipinski definition) is 5. The Labute approximate surface area is 234 Å². The Balaban J connectivity index is 1.60. The van der Waals surface area contributed by atoms with Crippen LogP contribution in [0.3, 0.4) is 0 Å². The minimum Gasteiger partial charge on any atom is -0.477 e. The molecular formula is C34H30N2O4. The number of benzene rings is 4. The van der Waals surface area contributed by atoms with Gasteiger partial charge in [0, 0.05) is 22.6 Å². The lowest BCUT2D eigenvalue weighted by Crippen LogP contribution is -2.21. The molecule has 40 heavy (non-hydrogen) atoms. The first kappa shape index (κ1) is 27.9. The summed E-state index contributed by atoms with van der Waals surface area (Å²) in [4.78, 5) is 24.6. The van der Waals surface area contributed by atoms with Gasteiger partial charge in [-0.15, -0.1) is 0 Å². The summed E-state index contributed by atoms with van der Waals surface area (Å²) in [6.45, 7) is 5.51. The second kappa shape index (κ2) is 12.6. The molecule has 0 aromatic heterocycles. The molecule has 6 heteroatoms. The zero-order valence-corrected chi connectivity index (χ0v) is 22.6. The van der Waals surface area contributed by atoms with E-state index >= 15 is 0 Å². The molecule has 0 atom stereocenters. The minimum atomic E-state index is -1.31. The fraction of sp³-hybridized carbons (Fsp3) is 0.118. The number of anilines is 3. The lowest BCUT2D eigenvalue weighted by molar-refractivity contribution is -0.274. The summed E-state index contributed by atoms with van der Waals surface area (Å²) in [7, 11) is 0. The molecule has 4 aromatic carbocycles. The van der Waals surface area contributed by atoms with E-state index in [1.807, 2.05) is 87.5 Å². The van der Waals surface area contributed by atoms with Gasteiger partial charge in [-0.1, -0.05) is 72.8 Å². The van der Waals surface area contributed by atoms with E-state index in [-0.39, 0.29) is 0 Å². The standard InChI is InChI=1S/C34H30N2O4/c1-34(2,3)40-39-32-22-26(16-19-27(32)23-28(24-35)33(37)38)15-14-25-17-20-31(21-18-25)36(29-10-6-4-7-11-29)30-12-8-5-9-13-30/h4-23H,1-3H3,(H,37,38)/b15-14+,28-23-. The summed E-state index contributed by atoms with van der Waals surface area (Å²) < 4.78 is 0. The summed E-state index contributed by atoms with van der Waals surface area (Å²) in [6, 6.07) is 35.6. The Kier molecular flexibility index (Phi) is 8.80. The molecule has 0 heterocycles. The average Bonchev–Trinajstić information content (AvgIpc) is 2.95. The summed E-state index contributed by atoms with van der Waals surface area (Å²) >= 11 is 0. The Morgan fingerprint density at radius 3 is 1.85 bits per heavy atom. The van der Waals surface area contributed by atoms with E-state index in [2.05, 4.69) is 41.3 Å². The number of para-hydroxylation sites is 2. The molecule has 0 aliphatic carbocycles. The third kappa shape index (κ3) is 7.47. The number of aliphatic carboxylic acids is 1. The molecule has 200 valence electrons. The monoisotopic (exact) mass is 530 g/mol. The molecule has 0 saturated carbocycles. The Morgan fingerprint density at radius 1 is 0.800 bits per heavy atom. The zero-order chi connectivity index (χ0) is 28.5. The number of nitriles is 1. The van der Waals surface area contributed by atoms with Crippen molar-refractivity contribution in [2.45, 2.75) is 26.4 Å². The second-order valence-electron chi connectivity index (χ2n) is 9.98. The maximum absolute atomic E-state index is 11.3. The highest BCUT2D eigenvalue weighted by molar-refractivity contribution is 5.97. The van der Waals surface area contributed by atoms with Gasteiger partial charge >= 0.3 is 5.97 Å². The number of carbonyl (C=O) groups is 1. The quantitative estimate of drug-likeness (QED) is 0.0769. The first-order valence-electron chi connectivity index (χ1n) is 12.8. The molecule has 0 spiro atoms. The molecule has 0 radical (unpaired) electrons. The van der Waals surface area contributed by atoms with Crippen LogP contribution in [0.4, 0.5) is 17.1 Å². The Hall–Kier alpha value is -5.12. The molecule has 0 saturated heterocycles. The third-order valence-electron chi connectivity index (χ3n) is 5.72. The largest absolute Gasteiger partial charge is 0.477 e. The van der Waals surface area contributed by atoms with E-state index in [4.69, 9.17) is 9.78 Å². The van der Waals surface area contributed by atoms with Crippen LogP contribution in [0, 0.1) is 11.3 Å². The number of nitrogens with zero attached hydrogens (tertiary/aromatic N) is 2. The molecular weight excluding hydrogens is 500 g/mol. The molecule has 0 aliphatic heterocycles. The van der Waals surface area contributed by atoms with Crippen molar-refractivity contribution in [1.82, 2.24) is 0 Å². The summed E-state index contributed by atoms with van der Waals surface area (Å²) in [5.74, 6) is -1.00. The van der Waals surface area contributed by atoms with Gasteiger partial charge in [0.1, 0.15) is 17.2 Å². The topological polar surface area (TPSA) is 82.8 Å². The summed E-state index contributed by atoms with van der Waals surface area (Å²) in [6.07, 6.45) is 5.18. The highest BCUT2D eigenvalue weighted by Crippen LogP contribution is 2.34. The van der Waals surface area contributed by atoms with Crippen LogP contribution in [-0.4, -0.2) is 16.7 Å². The second-order valence-corrected chi connectivity index (χ2v) is 9.98. The van der Waals surface area contributed by atoms with Gasteiger partial charge in [-0.05, 0) is 80.4 Å². The Bertz CT molecular complexity index is 1510. The van der Waals surface area contributed by atoms with E-state index < -0.39 is 17.1 Å². The van der Waals surface area contributed by atoms with E-state index in [0.717, 1.165) is 28.2 Å². The van der Waals surface area contributed by atoms with Crippen LogP contribution in [0.15, 0.2) is 109 Å². The zero-order valence-electron chi connectivity index (χ0n) is 22.6. The van der Waals surface area contributed by atoms with Crippen molar-refractivity contribution in [3.63, 3.8) is 0 Å². The van der Waals surface area contributed by atoms with Crippen LogP contribution in [0.25, 0.3) is 18.2 Å². The number of carboxylic acids is 1. The van der Waals surface area contributed by atoms with Gasteiger partial charge in [-0.2, -0.15) is 10.1 Å². The maximum Gasteiger partial charge on any atom is 0.346 e. The molecule has 0 fully saturated rings. The van der Waals surface area contributed by atoms with Gasteiger partial charge in [0.2, 0.25) is 0 Å². The van der Waals surface area contributed by atoms with Crippen LogP contribution in [0.5, 0.6) is 5.75 Å². The van der Waals surface area contributed by atoms with Crippen molar-refractivity contribution < 1.29 is 19.7 Å². The normalized spacial score (nSPS) is 11.7. The van der Waals surface area contributed by atoms with Gasteiger partial charge in [-0.3, -0.25) is 0 Å². The highest BCUT2D eigenvalue weighted by atomic mass is 17.2. The van der Waals surface area contributed by atoms with E-state index in [1.54, 1.807) is 18.2 Å². The minimum absolute atomic E-state index is 0.308. The van der Waals surface area contributed by atoms with Crippen LogP contribution in [-0.2, 0) is 9.68 Å². The van der Waals surface area contributed by atoms with Crippen molar-refractivity contribution in [3.8, 4) is 11.8 Å². The molecule has 0 unspecified atom stereocenters. The van der Waals surface area contributed by atoms with Gasteiger partial charge in [0.25, 0.3) is 0 Å². The van der Waals surface area contributed by atoms with Crippen molar-refractivity contribution in [3.05, 3.63) is 125 Å². The summed E-state index contributed by atoms with van der Waals surface area (Å²) in [5, 5.41) is 18.4. The Morgan fingerprint density at radius 2 is 1.32 bits per heavy atom. The summed E-state index contributed by atoms with van der Waals surface area (Å²) in [5.41, 5.74) is 4.42. The predicted octanol–water partition coefficient (Wildman–Crippen LogP) is 8.43. The van der Waals surface area contributed by atoms with Gasteiger partial charge in [-0.25, -0.2) is 4.79 Å². The lowest BCUT2D eigenvalue weighted by Gasteiger charge is -2.25. The van der Waals surface area contributed by atoms with Crippen LogP contribution < -0.4 is 9.79 Å². The SMILES string of the molecule is CC(C)(C)OOc1cc(/C=C/c2ccc(N(c3ccccc3)c3ccccc3)cc2)ccc1/C=C(/C#N)C(=O)O. The van der Waals surface area contributed by atoms with Crippen LogP contribution in [0.1, 0.15) is 37.5 Å². The fourth-order valence-corrected chi connectivity index (χ4v) is 3.84. The molecule has 6 nitrogen and oxygen atoms in total. The van der Waals surface area contributed by atoms with Crippen LogP contribution >= 0.6 is 0 Å². The van der Waals surface area contributed by atoms with Crippen molar-refractivity contribution >= 4 is 41.3 Å². The van der Waals surface area contributed by atoms with E-state index in [9.17, 15) is 15.2 Å². The molecule has 1 N–H and O–H groups in total. The number of carboxylic acid groups (broad SMARTS) is 1. The first-order chi connectivity index (χ1) is 19.2. The van der Waals surface area contributed by atoms with Gasteiger partial charge in [0.15, 0.2) is 5.75 Å². The average molecular weight is 531 g/mol. The number of hydrogen-bond donors (Lipinski definition) is 1. The third-order valence-corrected chi connectivity index (χ3v) is 5.72. The van der Waals surface area contributed by atoms with Gasteiger partial charge in [0.05, 0.1) is 0 Å². The van der Waals surface area contributed by atoms with Crippen molar-refractivity contribution in [1.29, 1.82) is 5.26 Å². The van der Waals surface area contributed by atoms with E-state index in [0.29, 0.717) is 11.3 Å². The van der Waals surface area contributed by atoms with E-state index in [1.165, 1.54) is 6.08 Å². The molecule has 4 aromatic rings. The smallest absolute Gasteiger partial charge is 0.346 e. The lowest BCUT2D eigenvalue weighted by atomic mass is 10.1. The molecule has 4 rings (SSSR count). The van der Waals surface area contributed by atoms with Crippen LogP contribution in [0.2, 0.25) is 0 Å². The molecule has 0 amide bonds. The fourth-order valence-electron chi connectivity index (χ4n) is 3.84. The highest BCUT2D eigenvalue weighted by Gasteiger charge is 2.16. The predicted molar refractivity (Wildman–Crippen MR) is 159 cm³/mol. The number of rotatable bonds is 9.